The van der Waals surface area contributed by atoms with Crippen LogP contribution in [-0.2, 0) is 14.3 Å². The van der Waals surface area contributed by atoms with Crippen molar-refractivity contribution in [2.24, 2.45) is 0 Å². The van der Waals surface area contributed by atoms with E-state index >= 15 is 0 Å². The second-order valence-electron chi connectivity index (χ2n) is 7.43. The number of nitrogens with one attached hydrogen (secondary N) is 1. The molecule has 164 valence electrons. The van der Waals surface area contributed by atoms with Crippen LogP contribution >= 0.6 is 0 Å². The lowest BCUT2D eigenvalue weighted by molar-refractivity contribution is -0.146. The molecule has 5 nitrogen and oxygen atoms in total. The lowest BCUT2D eigenvalue weighted by atomic mass is 10.1. The molecule has 0 aromatic carbocycles. The minimum atomic E-state index is -0.632. The highest BCUT2D eigenvalue weighted by molar-refractivity contribution is 5.81. The van der Waals surface area contributed by atoms with E-state index in [9.17, 15) is 9.59 Å². The zero-order chi connectivity index (χ0) is 20.9. The summed E-state index contributed by atoms with van der Waals surface area (Å²) in [5.41, 5.74) is 0. The van der Waals surface area contributed by atoms with E-state index in [-0.39, 0.29) is 12.6 Å². The maximum atomic E-state index is 12.3. The monoisotopic (exact) mass is 397 g/mol. The molecule has 0 bridgehead atoms. The molecule has 0 aromatic rings. The van der Waals surface area contributed by atoms with Crippen molar-refractivity contribution in [3.05, 3.63) is 12.7 Å². The van der Waals surface area contributed by atoms with Crippen molar-refractivity contribution < 1.29 is 19.1 Å². The minimum Gasteiger partial charge on any atom is -0.464 e. The summed E-state index contributed by atoms with van der Waals surface area (Å²) in [7, 11) is 0. The number of ether oxygens (including phenoxy) is 2. The van der Waals surface area contributed by atoms with Crippen molar-refractivity contribution >= 4 is 12.1 Å². The van der Waals surface area contributed by atoms with Crippen LogP contribution in [0, 0.1) is 0 Å². The molecule has 0 fully saturated rings. The van der Waals surface area contributed by atoms with Crippen molar-refractivity contribution in [1.29, 1.82) is 0 Å². The Bertz CT molecular complexity index is 398. The van der Waals surface area contributed by atoms with Gasteiger partial charge in [-0.2, -0.15) is 0 Å². The highest BCUT2D eigenvalue weighted by Crippen LogP contribution is 2.11. The van der Waals surface area contributed by atoms with Crippen LogP contribution in [0.3, 0.4) is 0 Å². The van der Waals surface area contributed by atoms with Gasteiger partial charge in [0, 0.05) is 0 Å². The fourth-order valence-corrected chi connectivity index (χ4v) is 3.03. The van der Waals surface area contributed by atoms with Gasteiger partial charge in [-0.15, -0.1) is 0 Å². The highest BCUT2D eigenvalue weighted by Gasteiger charge is 2.22. The Hall–Kier alpha value is -1.52. The average Bonchev–Trinajstić information content (AvgIpc) is 2.69. The lowest BCUT2D eigenvalue weighted by Gasteiger charge is -2.17. The summed E-state index contributed by atoms with van der Waals surface area (Å²) in [4.78, 5) is 24.1. The van der Waals surface area contributed by atoms with Crippen LogP contribution in [0.1, 0.15) is 104 Å². The molecular formula is C23H43NO4. The van der Waals surface area contributed by atoms with E-state index in [4.69, 9.17) is 9.47 Å². The minimum absolute atomic E-state index is 0.127. The van der Waals surface area contributed by atoms with E-state index in [0.717, 1.165) is 38.5 Å². The van der Waals surface area contributed by atoms with Gasteiger partial charge in [-0.3, -0.25) is 0 Å². The molecule has 1 atom stereocenters. The number of hydrogen-bond donors (Lipinski definition) is 1. The van der Waals surface area contributed by atoms with Crippen molar-refractivity contribution in [1.82, 2.24) is 5.32 Å². The molecule has 0 rings (SSSR count). The number of alkyl carbamates (subject to hydrolysis) is 1. The largest absolute Gasteiger partial charge is 0.464 e. The summed E-state index contributed by atoms with van der Waals surface area (Å²) in [5, 5.41) is 2.63. The first-order chi connectivity index (χ1) is 13.7. The van der Waals surface area contributed by atoms with Gasteiger partial charge in [0.1, 0.15) is 12.6 Å². The topological polar surface area (TPSA) is 64.6 Å². The Balaban J connectivity index is 4.00. The van der Waals surface area contributed by atoms with Crippen LogP contribution < -0.4 is 5.32 Å². The maximum Gasteiger partial charge on any atom is 0.408 e. The standard InChI is InChI=1S/C23H43NO4/c1-4-7-9-11-12-13-14-15-17-20-27-22(25)21(18-16-10-8-5-2)24-23(26)28-19-6-3/h6,21H,3-5,7-20H2,1-2H3,(H,24,26). The van der Waals surface area contributed by atoms with Crippen LogP contribution in [0.4, 0.5) is 4.79 Å². The second-order valence-corrected chi connectivity index (χ2v) is 7.43. The van der Waals surface area contributed by atoms with Crippen molar-refractivity contribution in [2.75, 3.05) is 13.2 Å². The predicted octanol–water partition coefficient (Wildman–Crippen LogP) is 6.31. The Morgan fingerprint density at radius 3 is 1.93 bits per heavy atom. The third-order valence-electron chi connectivity index (χ3n) is 4.75. The molecule has 0 aliphatic heterocycles. The van der Waals surface area contributed by atoms with Crippen molar-refractivity contribution in [2.45, 2.75) is 110 Å². The van der Waals surface area contributed by atoms with E-state index in [1.54, 1.807) is 0 Å². The number of unbranched alkanes of at least 4 members (excludes halogenated alkanes) is 11. The smallest absolute Gasteiger partial charge is 0.408 e. The van der Waals surface area contributed by atoms with Gasteiger partial charge in [-0.05, 0) is 12.8 Å². The molecule has 0 aliphatic carbocycles. The molecular weight excluding hydrogens is 354 g/mol. The number of amides is 1. The normalized spacial score (nSPS) is 11.6. The number of carbonyl (C=O) groups is 2. The van der Waals surface area contributed by atoms with Gasteiger partial charge < -0.3 is 14.8 Å². The molecule has 0 saturated carbocycles. The number of carbonyl (C=O) groups excluding carboxylic acids is 2. The Morgan fingerprint density at radius 1 is 0.821 bits per heavy atom. The Kier molecular flexibility index (Phi) is 19.1. The van der Waals surface area contributed by atoms with E-state index in [0.29, 0.717) is 13.0 Å². The van der Waals surface area contributed by atoms with Gasteiger partial charge >= 0.3 is 12.1 Å². The van der Waals surface area contributed by atoms with Gasteiger partial charge in [0.25, 0.3) is 0 Å². The zero-order valence-electron chi connectivity index (χ0n) is 18.3. The van der Waals surface area contributed by atoms with Crippen LogP contribution in [0.15, 0.2) is 12.7 Å². The summed E-state index contributed by atoms with van der Waals surface area (Å²) < 4.78 is 10.3. The summed E-state index contributed by atoms with van der Waals surface area (Å²) >= 11 is 0. The molecule has 5 heteroatoms. The predicted molar refractivity (Wildman–Crippen MR) is 115 cm³/mol. The number of esters is 1. The van der Waals surface area contributed by atoms with E-state index in [1.165, 1.54) is 51.0 Å². The molecule has 1 amide bonds. The molecule has 0 radical (unpaired) electrons. The second kappa shape index (κ2) is 20.2. The number of rotatable bonds is 19. The Labute approximate surface area is 172 Å². The van der Waals surface area contributed by atoms with Gasteiger partial charge in [0.2, 0.25) is 0 Å². The SMILES string of the molecule is C=CCOC(=O)NC(CCCCCC)C(=O)OCCCCCCCCCCC. The molecule has 0 aliphatic rings. The quantitative estimate of drug-likeness (QED) is 0.157. The van der Waals surface area contributed by atoms with Gasteiger partial charge in [-0.1, -0.05) is 104 Å². The van der Waals surface area contributed by atoms with E-state index < -0.39 is 12.1 Å². The molecule has 0 heterocycles. The molecule has 1 N–H and O–H groups in total. The van der Waals surface area contributed by atoms with Crippen LogP contribution in [0.5, 0.6) is 0 Å². The summed E-state index contributed by atoms with van der Waals surface area (Å²) in [6, 6.07) is -0.632. The third-order valence-corrected chi connectivity index (χ3v) is 4.75. The van der Waals surface area contributed by atoms with Crippen LogP contribution in [0.25, 0.3) is 0 Å². The molecule has 0 spiro atoms. The fraction of sp³-hybridized carbons (Fsp3) is 0.826. The summed E-state index contributed by atoms with van der Waals surface area (Å²) in [5.74, 6) is -0.355. The van der Waals surface area contributed by atoms with Crippen molar-refractivity contribution in [3.8, 4) is 0 Å². The molecule has 0 saturated heterocycles. The third kappa shape index (κ3) is 16.6. The lowest BCUT2D eigenvalue weighted by Crippen LogP contribution is -2.42. The zero-order valence-corrected chi connectivity index (χ0v) is 18.3. The Morgan fingerprint density at radius 2 is 1.36 bits per heavy atom. The first kappa shape index (κ1) is 26.5. The average molecular weight is 398 g/mol. The first-order valence-electron chi connectivity index (χ1n) is 11.4. The van der Waals surface area contributed by atoms with Gasteiger partial charge in [-0.25, -0.2) is 9.59 Å². The van der Waals surface area contributed by atoms with Crippen LogP contribution in [0.2, 0.25) is 0 Å². The van der Waals surface area contributed by atoms with Gasteiger partial charge in [0.05, 0.1) is 6.61 Å². The summed E-state index contributed by atoms with van der Waals surface area (Å²) in [6.45, 7) is 8.43. The maximum absolute atomic E-state index is 12.3. The first-order valence-corrected chi connectivity index (χ1v) is 11.4. The molecule has 1 unspecified atom stereocenters. The van der Waals surface area contributed by atoms with Crippen molar-refractivity contribution in [3.63, 3.8) is 0 Å². The number of hydrogen-bond acceptors (Lipinski definition) is 4. The molecule has 0 aromatic heterocycles. The van der Waals surface area contributed by atoms with E-state index in [1.807, 2.05) is 0 Å². The summed E-state index contributed by atoms with van der Waals surface area (Å²) in [6.07, 6.45) is 16.7. The molecule has 28 heavy (non-hydrogen) atoms. The van der Waals surface area contributed by atoms with E-state index in [2.05, 4.69) is 25.7 Å². The van der Waals surface area contributed by atoms with Gasteiger partial charge in [0.15, 0.2) is 0 Å². The highest BCUT2D eigenvalue weighted by atomic mass is 16.6. The van der Waals surface area contributed by atoms with Crippen LogP contribution in [-0.4, -0.2) is 31.3 Å². The fourth-order valence-electron chi connectivity index (χ4n) is 3.03.